The smallest absolute Gasteiger partial charge is 0.199 e. The SMILES string of the molecule is C=CS(=O)(=O)c1ccc(C#N)c2ccccc12. The molecule has 0 saturated heterocycles. The predicted octanol–water partition coefficient (Wildman–Crippen LogP) is 2.63. The fourth-order valence-electron chi connectivity index (χ4n) is 1.71. The van der Waals surface area contributed by atoms with E-state index < -0.39 is 9.84 Å². The number of benzene rings is 2. The molecule has 3 nitrogen and oxygen atoms in total. The van der Waals surface area contributed by atoms with Gasteiger partial charge in [0.2, 0.25) is 0 Å². The molecule has 0 fully saturated rings. The number of nitrogens with zero attached hydrogens (tertiary/aromatic N) is 1. The number of nitriles is 1. The molecule has 0 N–H and O–H groups in total. The zero-order chi connectivity index (χ0) is 12.5. The molecule has 0 atom stereocenters. The van der Waals surface area contributed by atoms with E-state index in [-0.39, 0.29) is 4.90 Å². The Labute approximate surface area is 99.5 Å². The van der Waals surface area contributed by atoms with Gasteiger partial charge >= 0.3 is 0 Å². The standard InChI is InChI=1S/C13H9NO2S/c1-2-17(15,16)13-8-7-10(9-14)11-5-3-4-6-12(11)13/h2-8H,1H2. The predicted molar refractivity (Wildman–Crippen MR) is 66.0 cm³/mol. The Bertz CT molecular complexity index is 740. The van der Waals surface area contributed by atoms with Crippen LogP contribution >= 0.6 is 0 Å². The molecule has 0 spiro atoms. The Morgan fingerprint density at radius 3 is 2.35 bits per heavy atom. The second-order valence-electron chi connectivity index (χ2n) is 3.48. The summed E-state index contributed by atoms with van der Waals surface area (Å²) in [5.74, 6) is 0. The summed E-state index contributed by atoms with van der Waals surface area (Å²) in [4.78, 5) is 0.183. The molecular formula is C13H9NO2S. The largest absolute Gasteiger partial charge is 0.219 e. The van der Waals surface area contributed by atoms with E-state index in [0.717, 1.165) is 5.41 Å². The van der Waals surface area contributed by atoms with Gasteiger partial charge in [0.1, 0.15) is 0 Å². The molecule has 0 unspecified atom stereocenters. The van der Waals surface area contributed by atoms with E-state index in [4.69, 9.17) is 5.26 Å². The first-order valence-corrected chi connectivity index (χ1v) is 6.44. The minimum absolute atomic E-state index is 0.183. The van der Waals surface area contributed by atoms with E-state index in [1.807, 2.05) is 6.07 Å². The number of hydrogen-bond acceptors (Lipinski definition) is 3. The first-order chi connectivity index (χ1) is 8.10. The van der Waals surface area contributed by atoms with Crippen LogP contribution in [0.2, 0.25) is 0 Å². The molecule has 0 aromatic heterocycles. The first-order valence-electron chi connectivity index (χ1n) is 4.89. The lowest BCUT2D eigenvalue weighted by atomic mass is 10.1. The Hall–Kier alpha value is -2.12. The van der Waals surface area contributed by atoms with E-state index in [0.29, 0.717) is 16.3 Å². The molecule has 2 aromatic carbocycles. The molecular weight excluding hydrogens is 234 g/mol. The normalized spacial score (nSPS) is 11.0. The molecule has 4 heteroatoms. The Kier molecular flexibility index (Phi) is 2.70. The highest BCUT2D eigenvalue weighted by Gasteiger charge is 2.14. The lowest BCUT2D eigenvalue weighted by molar-refractivity contribution is 0.605. The van der Waals surface area contributed by atoms with Crippen molar-refractivity contribution < 1.29 is 8.42 Å². The Balaban J connectivity index is 2.96. The topological polar surface area (TPSA) is 57.9 Å². The van der Waals surface area contributed by atoms with Gasteiger partial charge in [0.15, 0.2) is 9.84 Å². The summed E-state index contributed by atoms with van der Waals surface area (Å²) < 4.78 is 23.6. The lowest BCUT2D eigenvalue weighted by Crippen LogP contribution is -1.97. The van der Waals surface area contributed by atoms with Crippen molar-refractivity contribution in [2.75, 3.05) is 0 Å². The monoisotopic (exact) mass is 243 g/mol. The van der Waals surface area contributed by atoms with Gasteiger partial charge in [-0.15, -0.1) is 0 Å². The summed E-state index contributed by atoms with van der Waals surface area (Å²) in [5, 5.41) is 11.1. The summed E-state index contributed by atoms with van der Waals surface area (Å²) in [7, 11) is -3.50. The summed E-state index contributed by atoms with van der Waals surface area (Å²) in [6.07, 6.45) is 0. The third-order valence-corrected chi connectivity index (χ3v) is 3.94. The molecule has 0 bridgehead atoms. The molecule has 17 heavy (non-hydrogen) atoms. The highest BCUT2D eigenvalue weighted by atomic mass is 32.2. The van der Waals surface area contributed by atoms with E-state index in [9.17, 15) is 8.42 Å². The fourth-order valence-corrected chi connectivity index (χ4v) is 2.63. The Morgan fingerprint density at radius 1 is 1.12 bits per heavy atom. The van der Waals surface area contributed by atoms with Crippen LogP contribution in [0.25, 0.3) is 10.8 Å². The van der Waals surface area contributed by atoms with E-state index in [1.165, 1.54) is 12.1 Å². The van der Waals surface area contributed by atoms with Crippen LogP contribution in [0.4, 0.5) is 0 Å². The van der Waals surface area contributed by atoms with Crippen molar-refractivity contribution in [3.63, 3.8) is 0 Å². The first kappa shape index (κ1) is 11.4. The van der Waals surface area contributed by atoms with Crippen molar-refractivity contribution in [1.29, 1.82) is 5.26 Å². The molecule has 0 radical (unpaired) electrons. The molecule has 0 saturated carbocycles. The second kappa shape index (κ2) is 4.04. The van der Waals surface area contributed by atoms with E-state index >= 15 is 0 Å². The van der Waals surface area contributed by atoms with Crippen molar-refractivity contribution in [2.24, 2.45) is 0 Å². The average Bonchev–Trinajstić information content (AvgIpc) is 2.37. The van der Waals surface area contributed by atoms with Crippen LogP contribution in [0, 0.1) is 11.3 Å². The third kappa shape index (κ3) is 1.81. The van der Waals surface area contributed by atoms with Crippen LogP contribution < -0.4 is 0 Å². The summed E-state index contributed by atoms with van der Waals surface area (Å²) >= 11 is 0. The molecule has 84 valence electrons. The van der Waals surface area contributed by atoms with Gasteiger partial charge in [-0.25, -0.2) is 8.42 Å². The van der Waals surface area contributed by atoms with E-state index in [1.54, 1.807) is 24.3 Å². The van der Waals surface area contributed by atoms with Crippen LogP contribution in [0.5, 0.6) is 0 Å². The van der Waals surface area contributed by atoms with Crippen LogP contribution in [0.1, 0.15) is 5.56 Å². The number of sulfone groups is 1. The molecule has 0 amide bonds. The van der Waals surface area contributed by atoms with Crippen LogP contribution in [0.3, 0.4) is 0 Å². The summed E-state index contributed by atoms with van der Waals surface area (Å²) in [5.41, 5.74) is 0.462. The van der Waals surface area contributed by atoms with Gasteiger partial charge in [-0.2, -0.15) is 5.26 Å². The zero-order valence-electron chi connectivity index (χ0n) is 8.92. The van der Waals surface area contributed by atoms with E-state index in [2.05, 4.69) is 6.58 Å². The van der Waals surface area contributed by atoms with Crippen molar-refractivity contribution in [1.82, 2.24) is 0 Å². The van der Waals surface area contributed by atoms with Gasteiger partial charge in [-0.3, -0.25) is 0 Å². The average molecular weight is 243 g/mol. The fraction of sp³-hybridized carbons (Fsp3) is 0. The Morgan fingerprint density at radius 2 is 1.76 bits per heavy atom. The maximum atomic E-state index is 11.8. The minimum atomic E-state index is -3.50. The molecule has 0 heterocycles. The zero-order valence-corrected chi connectivity index (χ0v) is 9.74. The maximum Gasteiger partial charge on any atom is 0.199 e. The van der Waals surface area contributed by atoms with Gasteiger partial charge in [0.25, 0.3) is 0 Å². The van der Waals surface area contributed by atoms with Crippen molar-refractivity contribution in [3.8, 4) is 6.07 Å². The van der Waals surface area contributed by atoms with Gasteiger partial charge in [-0.1, -0.05) is 30.8 Å². The van der Waals surface area contributed by atoms with Gasteiger partial charge in [0, 0.05) is 16.2 Å². The van der Waals surface area contributed by atoms with Crippen molar-refractivity contribution in [3.05, 3.63) is 53.9 Å². The lowest BCUT2D eigenvalue weighted by Gasteiger charge is -2.05. The summed E-state index contributed by atoms with van der Waals surface area (Å²) in [6, 6.07) is 11.9. The van der Waals surface area contributed by atoms with Gasteiger partial charge in [-0.05, 0) is 12.1 Å². The highest BCUT2D eigenvalue weighted by Crippen LogP contribution is 2.26. The van der Waals surface area contributed by atoms with Gasteiger partial charge in [0.05, 0.1) is 16.5 Å². The van der Waals surface area contributed by atoms with Gasteiger partial charge < -0.3 is 0 Å². The molecule has 2 aromatic rings. The maximum absolute atomic E-state index is 11.8. The molecule has 0 aliphatic rings. The van der Waals surface area contributed by atoms with Crippen LogP contribution in [0.15, 0.2) is 53.3 Å². The quantitative estimate of drug-likeness (QED) is 0.814. The molecule has 0 aliphatic heterocycles. The number of hydrogen-bond donors (Lipinski definition) is 0. The molecule has 0 aliphatic carbocycles. The molecule has 2 rings (SSSR count). The van der Waals surface area contributed by atoms with Crippen LogP contribution in [-0.2, 0) is 9.84 Å². The number of rotatable bonds is 2. The number of fused-ring (bicyclic) bond motifs is 1. The third-order valence-electron chi connectivity index (χ3n) is 2.53. The van der Waals surface area contributed by atoms with Crippen molar-refractivity contribution >= 4 is 20.6 Å². The summed E-state index contributed by atoms with van der Waals surface area (Å²) in [6.45, 7) is 3.31. The second-order valence-corrected chi connectivity index (χ2v) is 5.34. The highest BCUT2D eigenvalue weighted by molar-refractivity contribution is 7.94. The van der Waals surface area contributed by atoms with Crippen LogP contribution in [-0.4, -0.2) is 8.42 Å². The minimum Gasteiger partial charge on any atom is -0.219 e. The van der Waals surface area contributed by atoms with Crippen molar-refractivity contribution in [2.45, 2.75) is 4.90 Å².